The Balaban J connectivity index is 1.80. The SMILES string of the molecule is COc1cc(/C=C2\SC(=O)N(C)C2=O)c(Br)cc1OCc1ccc(C(=O)O)cc1. The molecule has 150 valence electrons. The first-order chi connectivity index (χ1) is 13.8. The molecule has 0 saturated carbocycles. The first-order valence-corrected chi connectivity index (χ1v) is 9.95. The fourth-order valence-electron chi connectivity index (χ4n) is 2.53. The van der Waals surface area contributed by atoms with Gasteiger partial charge < -0.3 is 14.6 Å². The minimum Gasteiger partial charge on any atom is -0.493 e. The Bertz CT molecular complexity index is 1020. The molecule has 0 unspecified atom stereocenters. The summed E-state index contributed by atoms with van der Waals surface area (Å²) in [4.78, 5) is 36.1. The Kier molecular flexibility index (Phi) is 6.29. The normalized spacial score (nSPS) is 15.1. The molecule has 2 aromatic rings. The molecule has 2 amide bonds. The van der Waals surface area contributed by atoms with Crippen molar-refractivity contribution in [3.63, 3.8) is 0 Å². The highest BCUT2D eigenvalue weighted by molar-refractivity contribution is 9.10. The fraction of sp³-hybridized carbons (Fsp3) is 0.150. The minimum absolute atomic E-state index is 0.204. The zero-order valence-electron chi connectivity index (χ0n) is 15.5. The Morgan fingerprint density at radius 1 is 1.21 bits per heavy atom. The number of carbonyl (C=O) groups excluding carboxylic acids is 2. The van der Waals surface area contributed by atoms with Crippen molar-refractivity contribution >= 4 is 50.9 Å². The molecule has 9 heteroatoms. The van der Waals surface area contributed by atoms with Crippen molar-refractivity contribution < 1.29 is 29.0 Å². The zero-order chi connectivity index (χ0) is 21.1. The molecule has 0 radical (unpaired) electrons. The monoisotopic (exact) mass is 477 g/mol. The molecule has 1 heterocycles. The molecule has 7 nitrogen and oxygen atoms in total. The second kappa shape index (κ2) is 8.71. The van der Waals surface area contributed by atoms with Gasteiger partial charge in [0.2, 0.25) is 0 Å². The van der Waals surface area contributed by atoms with Crippen LogP contribution in [-0.4, -0.2) is 41.3 Å². The van der Waals surface area contributed by atoms with Crippen LogP contribution in [0.2, 0.25) is 0 Å². The number of amides is 2. The summed E-state index contributed by atoms with van der Waals surface area (Å²) in [5, 5.41) is 8.63. The maximum atomic E-state index is 12.1. The van der Waals surface area contributed by atoms with Crippen molar-refractivity contribution in [2.24, 2.45) is 0 Å². The molecule has 0 bridgehead atoms. The smallest absolute Gasteiger partial charge is 0.335 e. The molecule has 1 fully saturated rings. The summed E-state index contributed by atoms with van der Waals surface area (Å²) in [6, 6.07) is 9.81. The third kappa shape index (κ3) is 4.63. The van der Waals surface area contributed by atoms with Crippen molar-refractivity contribution in [2.75, 3.05) is 14.2 Å². The standard InChI is InChI=1S/C20H16BrNO6S/c1-22-18(23)17(29-20(22)26)8-13-7-15(27-2)16(9-14(13)21)28-10-11-3-5-12(6-4-11)19(24)25/h3-9H,10H2,1-2H3,(H,24,25)/b17-8-. The van der Waals surface area contributed by atoms with Crippen LogP contribution in [0.4, 0.5) is 4.79 Å². The summed E-state index contributed by atoms with van der Waals surface area (Å²) < 4.78 is 11.9. The number of carboxylic acids is 1. The van der Waals surface area contributed by atoms with E-state index in [-0.39, 0.29) is 23.3 Å². The summed E-state index contributed by atoms with van der Waals surface area (Å²) in [6.07, 6.45) is 1.62. The lowest BCUT2D eigenvalue weighted by Gasteiger charge is -2.13. The van der Waals surface area contributed by atoms with E-state index in [4.69, 9.17) is 14.6 Å². The second-order valence-electron chi connectivity index (χ2n) is 6.06. The Labute approximate surface area is 179 Å². The zero-order valence-corrected chi connectivity index (χ0v) is 17.9. The fourth-order valence-corrected chi connectivity index (χ4v) is 3.78. The summed E-state index contributed by atoms with van der Waals surface area (Å²) >= 11 is 4.33. The van der Waals surface area contributed by atoms with Crippen LogP contribution in [0.1, 0.15) is 21.5 Å². The third-order valence-electron chi connectivity index (χ3n) is 4.15. The topological polar surface area (TPSA) is 93.1 Å². The van der Waals surface area contributed by atoms with Crippen LogP contribution in [0.3, 0.4) is 0 Å². The van der Waals surface area contributed by atoms with Gasteiger partial charge in [0.05, 0.1) is 17.6 Å². The Morgan fingerprint density at radius 2 is 1.90 bits per heavy atom. The molecule has 1 aliphatic rings. The quantitative estimate of drug-likeness (QED) is 0.616. The van der Waals surface area contributed by atoms with E-state index in [9.17, 15) is 14.4 Å². The molecule has 0 aromatic heterocycles. The molecule has 3 rings (SSSR count). The van der Waals surface area contributed by atoms with Crippen LogP contribution in [0.5, 0.6) is 11.5 Å². The van der Waals surface area contributed by atoms with E-state index in [0.29, 0.717) is 26.4 Å². The molecular weight excluding hydrogens is 462 g/mol. The van der Waals surface area contributed by atoms with Crippen molar-refractivity contribution in [2.45, 2.75) is 6.61 Å². The number of thioether (sulfide) groups is 1. The number of nitrogens with zero attached hydrogens (tertiary/aromatic N) is 1. The maximum Gasteiger partial charge on any atom is 0.335 e. The van der Waals surface area contributed by atoms with Gasteiger partial charge in [-0.15, -0.1) is 0 Å². The van der Waals surface area contributed by atoms with Crippen molar-refractivity contribution in [1.82, 2.24) is 4.90 Å². The lowest BCUT2D eigenvalue weighted by Crippen LogP contribution is -2.22. The number of ether oxygens (including phenoxy) is 2. The average molecular weight is 478 g/mol. The van der Waals surface area contributed by atoms with Crippen LogP contribution in [0.25, 0.3) is 6.08 Å². The molecule has 2 aromatic carbocycles. The molecule has 0 spiro atoms. The van der Waals surface area contributed by atoms with E-state index >= 15 is 0 Å². The van der Waals surface area contributed by atoms with E-state index in [2.05, 4.69) is 15.9 Å². The van der Waals surface area contributed by atoms with Crippen LogP contribution in [0.15, 0.2) is 45.8 Å². The number of aromatic carboxylic acids is 1. The number of benzene rings is 2. The number of carbonyl (C=O) groups is 3. The number of hydrogen-bond donors (Lipinski definition) is 1. The van der Waals surface area contributed by atoms with Crippen molar-refractivity contribution in [3.05, 3.63) is 62.5 Å². The van der Waals surface area contributed by atoms with Crippen molar-refractivity contribution in [3.8, 4) is 11.5 Å². The van der Waals surface area contributed by atoms with Gasteiger partial charge >= 0.3 is 5.97 Å². The highest BCUT2D eigenvalue weighted by Gasteiger charge is 2.32. The number of carboxylic acid groups (broad SMARTS) is 1. The first kappa shape index (κ1) is 20.9. The maximum absolute atomic E-state index is 12.1. The van der Waals surface area contributed by atoms with Gasteiger partial charge in [0.1, 0.15) is 6.61 Å². The van der Waals surface area contributed by atoms with E-state index in [1.54, 1.807) is 30.3 Å². The van der Waals surface area contributed by atoms with Gasteiger partial charge in [0.15, 0.2) is 11.5 Å². The van der Waals surface area contributed by atoms with E-state index < -0.39 is 5.97 Å². The summed E-state index contributed by atoms with van der Waals surface area (Å²) in [5.41, 5.74) is 1.67. The molecule has 0 aliphatic carbocycles. The van der Waals surface area contributed by atoms with Gasteiger partial charge in [-0.25, -0.2) is 4.79 Å². The Morgan fingerprint density at radius 3 is 2.45 bits per heavy atom. The largest absolute Gasteiger partial charge is 0.493 e. The number of halogens is 1. The van der Waals surface area contributed by atoms with Gasteiger partial charge in [0.25, 0.3) is 11.1 Å². The molecule has 29 heavy (non-hydrogen) atoms. The van der Waals surface area contributed by atoms with Gasteiger partial charge in [0, 0.05) is 11.5 Å². The predicted molar refractivity (Wildman–Crippen MR) is 112 cm³/mol. The van der Waals surface area contributed by atoms with Gasteiger partial charge in [-0.05, 0) is 53.2 Å². The van der Waals surface area contributed by atoms with Crippen LogP contribution in [0, 0.1) is 0 Å². The number of methoxy groups -OCH3 is 1. The number of hydrogen-bond acceptors (Lipinski definition) is 6. The van der Waals surface area contributed by atoms with Crippen LogP contribution >= 0.6 is 27.7 Å². The van der Waals surface area contributed by atoms with Gasteiger partial charge in [-0.3, -0.25) is 14.5 Å². The molecule has 1 aliphatic heterocycles. The minimum atomic E-state index is -0.987. The Hall–Kier alpha value is -2.78. The third-order valence-corrected chi connectivity index (χ3v) is 5.80. The predicted octanol–water partition coefficient (Wildman–Crippen LogP) is 4.40. The second-order valence-corrected chi connectivity index (χ2v) is 7.90. The number of rotatable bonds is 6. The molecule has 1 saturated heterocycles. The lowest BCUT2D eigenvalue weighted by atomic mass is 10.1. The van der Waals surface area contributed by atoms with Crippen LogP contribution < -0.4 is 9.47 Å². The first-order valence-electron chi connectivity index (χ1n) is 8.34. The summed E-state index contributed by atoms with van der Waals surface area (Å²) in [6.45, 7) is 0.219. The van der Waals surface area contributed by atoms with Crippen molar-refractivity contribution in [1.29, 1.82) is 0 Å². The lowest BCUT2D eigenvalue weighted by molar-refractivity contribution is -0.121. The summed E-state index contributed by atoms with van der Waals surface area (Å²) in [5.74, 6) is -0.407. The molecule has 1 N–H and O–H groups in total. The molecular formula is C20H16BrNO6S. The van der Waals surface area contributed by atoms with E-state index in [1.807, 2.05) is 0 Å². The molecule has 0 atom stereocenters. The van der Waals surface area contributed by atoms with Gasteiger partial charge in [-0.2, -0.15) is 0 Å². The van der Waals surface area contributed by atoms with Gasteiger partial charge in [-0.1, -0.05) is 28.1 Å². The summed E-state index contributed by atoms with van der Waals surface area (Å²) in [7, 11) is 2.94. The highest BCUT2D eigenvalue weighted by atomic mass is 79.9. The highest BCUT2D eigenvalue weighted by Crippen LogP contribution is 2.37. The number of likely N-dealkylation sites (N-methyl/N-ethyl adjacent to an activating group) is 1. The number of imide groups is 1. The van der Waals surface area contributed by atoms with E-state index in [0.717, 1.165) is 22.2 Å². The van der Waals surface area contributed by atoms with E-state index in [1.165, 1.54) is 26.3 Å². The van der Waals surface area contributed by atoms with Crippen LogP contribution in [-0.2, 0) is 11.4 Å². The average Bonchev–Trinajstić information content (AvgIpc) is 2.94.